The summed E-state index contributed by atoms with van der Waals surface area (Å²) in [7, 11) is 0. The van der Waals surface area contributed by atoms with Gasteiger partial charge in [-0.25, -0.2) is 4.98 Å². The van der Waals surface area contributed by atoms with Crippen LogP contribution in [0.4, 0.5) is 0 Å². The van der Waals surface area contributed by atoms with E-state index in [1.54, 1.807) is 6.33 Å². The smallest absolute Gasteiger partial charge is 0.0952 e. The van der Waals surface area contributed by atoms with Crippen molar-refractivity contribution in [3.8, 4) is 0 Å². The number of aromatic nitrogens is 2. The van der Waals surface area contributed by atoms with Crippen LogP contribution in [0.2, 0.25) is 0 Å². The first-order valence-corrected chi connectivity index (χ1v) is 5.46. The molecule has 16 heavy (non-hydrogen) atoms. The number of hydrogen-bond acceptors (Lipinski definition) is 2. The van der Waals surface area contributed by atoms with Gasteiger partial charge in [-0.1, -0.05) is 30.3 Å². The number of benzene rings is 1. The lowest BCUT2D eigenvalue weighted by Crippen LogP contribution is -2.06. The van der Waals surface area contributed by atoms with Crippen LogP contribution in [0.1, 0.15) is 17.0 Å². The Hall–Kier alpha value is -1.61. The van der Waals surface area contributed by atoms with E-state index in [2.05, 4.69) is 17.1 Å². The van der Waals surface area contributed by atoms with Gasteiger partial charge in [0, 0.05) is 18.7 Å². The van der Waals surface area contributed by atoms with Gasteiger partial charge in [-0.05, 0) is 12.5 Å². The summed E-state index contributed by atoms with van der Waals surface area (Å²) in [5.41, 5.74) is 3.49. The monoisotopic (exact) mass is 216 g/mol. The summed E-state index contributed by atoms with van der Waals surface area (Å²) in [5.74, 6) is 0. The summed E-state index contributed by atoms with van der Waals surface area (Å²) < 4.78 is 2.02. The van der Waals surface area contributed by atoms with Crippen molar-refractivity contribution >= 4 is 0 Å². The lowest BCUT2D eigenvalue weighted by atomic mass is 10.1. The fraction of sp³-hybridized carbons (Fsp3) is 0.308. The number of aryl methyl sites for hydroxylation is 1. The molecular formula is C13H16N2O. The lowest BCUT2D eigenvalue weighted by molar-refractivity contribution is 0.274. The van der Waals surface area contributed by atoms with Crippen LogP contribution in [0, 0.1) is 6.92 Å². The molecule has 1 aromatic carbocycles. The van der Waals surface area contributed by atoms with Crippen LogP contribution >= 0.6 is 0 Å². The SMILES string of the molecule is Cc1ncn(CCO)c1Cc1ccccc1. The molecule has 0 aliphatic heterocycles. The van der Waals surface area contributed by atoms with E-state index in [1.165, 1.54) is 11.3 Å². The minimum Gasteiger partial charge on any atom is -0.395 e. The summed E-state index contributed by atoms with van der Waals surface area (Å²) >= 11 is 0. The third-order valence-corrected chi connectivity index (χ3v) is 2.71. The molecule has 1 heterocycles. The van der Waals surface area contributed by atoms with Gasteiger partial charge in [0.15, 0.2) is 0 Å². The van der Waals surface area contributed by atoms with Crippen molar-refractivity contribution < 1.29 is 5.11 Å². The average molecular weight is 216 g/mol. The van der Waals surface area contributed by atoms with Crippen molar-refractivity contribution in [3.05, 3.63) is 53.6 Å². The van der Waals surface area contributed by atoms with Crippen molar-refractivity contribution in [2.24, 2.45) is 0 Å². The van der Waals surface area contributed by atoms with Gasteiger partial charge in [-0.3, -0.25) is 0 Å². The van der Waals surface area contributed by atoms with E-state index in [-0.39, 0.29) is 6.61 Å². The maximum Gasteiger partial charge on any atom is 0.0952 e. The fourth-order valence-corrected chi connectivity index (χ4v) is 1.83. The van der Waals surface area contributed by atoms with E-state index in [9.17, 15) is 0 Å². The van der Waals surface area contributed by atoms with E-state index in [1.807, 2.05) is 29.7 Å². The lowest BCUT2D eigenvalue weighted by Gasteiger charge is -2.07. The van der Waals surface area contributed by atoms with Gasteiger partial charge in [-0.2, -0.15) is 0 Å². The number of aliphatic hydroxyl groups is 1. The fourth-order valence-electron chi connectivity index (χ4n) is 1.83. The highest BCUT2D eigenvalue weighted by atomic mass is 16.3. The van der Waals surface area contributed by atoms with Crippen LogP contribution < -0.4 is 0 Å². The highest BCUT2D eigenvalue weighted by molar-refractivity contribution is 5.24. The van der Waals surface area contributed by atoms with Gasteiger partial charge in [0.25, 0.3) is 0 Å². The molecule has 0 bridgehead atoms. The zero-order valence-electron chi connectivity index (χ0n) is 9.43. The summed E-state index contributed by atoms with van der Waals surface area (Å²) in [6.07, 6.45) is 2.66. The molecule has 3 nitrogen and oxygen atoms in total. The van der Waals surface area contributed by atoms with Crippen molar-refractivity contribution in [2.75, 3.05) is 6.61 Å². The minimum atomic E-state index is 0.150. The number of aliphatic hydroxyl groups excluding tert-OH is 1. The maximum atomic E-state index is 8.97. The first kappa shape index (κ1) is 10.9. The van der Waals surface area contributed by atoms with Crippen molar-refractivity contribution in [3.63, 3.8) is 0 Å². The number of imidazole rings is 1. The molecule has 2 aromatic rings. The second-order valence-corrected chi connectivity index (χ2v) is 3.86. The average Bonchev–Trinajstić information content (AvgIpc) is 2.64. The Bertz CT molecular complexity index is 448. The molecule has 1 aromatic heterocycles. The molecule has 0 amide bonds. The van der Waals surface area contributed by atoms with Crippen LogP contribution in [0.25, 0.3) is 0 Å². The van der Waals surface area contributed by atoms with Gasteiger partial charge in [0.05, 0.1) is 18.6 Å². The molecule has 0 aliphatic carbocycles. The second-order valence-electron chi connectivity index (χ2n) is 3.86. The standard InChI is InChI=1S/C13H16N2O/c1-11-13(15(7-8-16)10-14-11)9-12-5-3-2-4-6-12/h2-6,10,16H,7-9H2,1H3. The van der Waals surface area contributed by atoms with Gasteiger partial charge >= 0.3 is 0 Å². The van der Waals surface area contributed by atoms with E-state index >= 15 is 0 Å². The quantitative estimate of drug-likeness (QED) is 0.846. The predicted molar refractivity (Wildman–Crippen MR) is 63.3 cm³/mol. The van der Waals surface area contributed by atoms with Crippen LogP contribution in [-0.4, -0.2) is 21.3 Å². The molecule has 0 spiro atoms. The molecule has 0 radical (unpaired) electrons. The molecule has 0 saturated heterocycles. The number of rotatable bonds is 4. The summed E-state index contributed by atoms with van der Waals surface area (Å²) in [6.45, 7) is 2.77. The molecule has 1 N–H and O–H groups in total. The number of nitrogens with zero attached hydrogens (tertiary/aromatic N) is 2. The van der Waals surface area contributed by atoms with Gasteiger partial charge in [-0.15, -0.1) is 0 Å². The molecule has 2 rings (SSSR count). The van der Waals surface area contributed by atoms with Crippen molar-refractivity contribution in [1.82, 2.24) is 9.55 Å². The van der Waals surface area contributed by atoms with Gasteiger partial charge in [0.1, 0.15) is 0 Å². The zero-order chi connectivity index (χ0) is 11.4. The van der Waals surface area contributed by atoms with Crippen molar-refractivity contribution in [1.29, 1.82) is 0 Å². The van der Waals surface area contributed by atoms with Gasteiger partial charge < -0.3 is 9.67 Å². The largest absolute Gasteiger partial charge is 0.395 e. The molecule has 0 atom stereocenters. The Morgan fingerprint density at radius 3 is 2.69 bits per heavy atom. The Labute approximate surface area is 95.4 Å². The highest BCUT2D eigenvalue weighted by Gasteiger charge is 2.07. The normalized spacial score (nSPS) is 10.6. The Balaban J connectivity index is 2.23. The molecule has 84 valence electrons. The molecule has 0 aliphatic rings. The molecular weight excluding hydrogens is 200 g/mol. The van der Waals surface area contributed by atoms with Crippen LogP contribution in [0.15, 0.2) is 36.7 Å². The van der Waals surface area contributed by atoms with Crippen LogP contribution in [-0.2, 0) is 13.0 Å². The van der Waals surface area contributed by atoms with E-state index in [0.29, 0.717) is 6.54 Å². The topological polar surface area (TPSA) is 38.0 Å². The Morgan fingerprint density at radius 2 is 2.00 bits per heavy atom. The van der Waals surface area contributed by atoms with Crippen LogP contribution in [0.5, 0.6) is 0 Å². The van der Waals surface area contributed by atoms with E-state index in [4.69, 9.17) is 5.11 Å². The molecule has 0 fully saturated rings. The molecule has 0 unspecified atom stereocenters. The van der Waals surface area contributed by atoms with E-state index < -0.39 is 0 Å². The summed E-state index contributed by atoms with van der Waals surface area (Å²) in [6, 6.07) is 10.3. The van der Waals surface area contributed by atoms with E-state index in [0.717, 1.165) is 12.1 Å². The number of hydrogen-bond donors (Lipinski definition) is 1. The summed E-state index contributed by atoms with van der Waals surface area (Å²) in [4.78, 5) is 4.28. The predicted octanol–water partition coefficient (Wildman–Crippen LogP) is 1.77. The van der Waals surface area contributed by atoms with Crippen molar-refractivity contribution in [2.45, 2.75) is 19.9 Å². The Kier molecular flexibility index (Phi) is 3.37. The highest BCUT2D eigenvalue weighted by Crippen LogP contribution is 2.12. The Morgan fingerprint density at radius 1 is 1.25 bits per heavy atom. The third-order valence-electron chi connectivity index (χ3n) is 2.71. The zero-order valence-corrected chi connectivity index (χ0v) is 9.43. The third kappa shape index (κ3) is 2.31. The molecule has 0 saturated carbocycles. The second kappa shape index (κ2) is 4.94. The van der Waals surface area contributed by atoms with Crippen LogP contribution in [0.3, 0.4) is 0 Å². The summed E-state index contributed by atoms with van der Waals surface area (Å²) in [5, 5.41) is 8.97. The maximum absolute atomic E-state index is 8.97. The first-order valence-electron chi connectivity index (χ1n) is 5.46. The molecule has 3 heteroatoms. The van der Waals surface area contributed by atoms with Gasteiger partial charge in [0.2, 0.25) is 0 Å². The first-order chi connectivity index (χ1) is 7.81. The minimum absolute atomic E-state index is 0.150.